The normalized spacial score (nSPS) is 22.2. The van der Waals surface area contributed by atoms with Crippen LogP contribution in [0.3, 0.4) is 0 Å². The van der Waals surface area contributed by atoms with E-state index in [1.807, 2.05) is 18.0 Å². The summed E-state index contributed by atoms with van der Waals surface area (Å²) in [5.41, 5.74) is 7.54. The summed E-state index contributed by atoms with van der Waals surface area (Å²) in [5.74, 6) is -0.659. The second kappa shape index (κ2) is 6.54. The molecule has 146 valence electrons. The van der Waals surface area contributed by atoms with E-state index in [-0.39, 0.29) is 11.8 Å². The highest BCUT2D eigenvalue weighted by atomic mass is 19.4. The lowest BCUT2D eigenvalue weighted by Gasteiger charge is -2.30. The number of halogens is 3. The first kappa shape index (κ1) is 18.3. The summed E-state index contributed by atoms with van der Waals surface area (Å²) in [6, 6.07) is 4.78. The van der Waals surface area contributed by atoms with Crippen LogP contribution in [0.1, 0.15) is 46.9 Å². The number of ketones is 1. The fourth-order valence-corrected chi connectivity index (χ4v) is 3.78. The molecule has 1 unspecified atom stereocenters. The maximum Gasteiger partial charge on any atom is 0.416 e. The van der Waals surface area contributed by atoms with E-state index < -0.39 is 17.7 Å². The highest BCUT2D eigenvalue weighted by Crippen LogP contribution is 2.40. The molecule has 2 N–H and O–H groups in total. The van der Waals surface area contributed by atoms with Crippen molar-refractivity contribution in [1.82, 2.24) is 9.78 Å². The molecule has 1 aromatic carbocycles. The van der Waals surface area contributed by atoms with Gasteiger partial charge >= 0.3 is 6.18 Å². The van der Waals surface area contributed by atoms with E-state index in [4.69, 9.17) is 5.73 Å². The van der Waals surface area contributed by atoms with Crippen LogP contribution in [0, 0.1) is 0 Å². The number of benzene rings is 1. The van der Waals surface area contributed by atoms with E-state index in [0.717, 1.165) is 12.1 Å². The van der Waals surface area contributed by atoms with Crippen LogP contribution >= 0.6 is 0 Å². The van der Waals surface area contributed by atoms with Gasteiger partial charge in [-0.25, -0.2) is 0 Å². The van der Waals surface area contributed by atoms with Crippen LogP contribution < -0.4 is 10.6 Å². The van der Waals surface area contributed by atoms with Crippen molar-refractivity contribution in [1.29, 1.82) is 0 Å². The summed E-state index contributed by atoms with van der Waals surface area (Å²) in [7, 11) is 0. The van der Waals surface area contributed by atoms with Crippen LogP contribution in [0.25, 0.3) is 0 Å². The molecule has 1 aromatic heterocycles. The van der Waals surface area contributed by atoms with E-state index in [9.17, 15) is 18.0 Å². The Balaban J connectivity index is 1.69. The van der Waals surface area contributed by atoms with Gasteiger partial charge in [0.1, 0.15) is 5.69 Å². The van der Waals surface area contributed by atoms with Crippen LogP contribution in [0.2, 0.25) is 0 Å². The fraction of sp³-hybridized carbons (Fsp3) is 0.300. The molecule has 2 aliphatic heterocycles. The first-order valence-corrected chi connectivity index (χ1v) is 8.94. The van der Waals surface area contributed by atoms with Crippen LogP contribution in [-0.4, -0.2) is 22.1 Å². The van der Waals surface area contributed by atoms with E-state index in [0.29, 0.717) is 35.6 Å². The highest BCUT2D eigenvalue weighted by Gasteiger charge is 2.37. The number of hydrogen-bond acceptors (Lipinski definition) is 4. The predicted molar refractivity (Wildman–Crippen MR) is 98.8 cm³/mol. The zero-order chi connectivity index (χ0) is 20.1. The standard InChI is InChI=1S/C20H19F3N4O/c1-12-9-16(13-4-6-14(7-5-13)20(21,22)23)19(28)18-17(10-25-27(12)18)26-8-2-3-15(24)11-26/h2-8,10,12,16H,9,11,24H2,1H3/t12-,16?/m0/s1. The number of alkyl halides is 3. The summed E-state index contributed by atoms with van der Waals surface area (Å²) in [5, 5.41) is 4.37. The smallest absolute Gasteiger partial charge is 0.401 e. The molecule has 28 heavy (non-hydrogen) atoms. The molecule has 2 aromatic rings. The maximum absolute atomic E-state index is 13.3. The van der Waals surface area contributed by atoms with Crippen LogP contribution in [0.4, 0.5) is 18.9 Å². The van der Waals surface area contributed by atoms with E-state index >= 15 is 0 Å². The number of nitrogens with two attached hydrogens (primary N) is 1. The van der Waals surface area contributed by atoms with Crippen LogP contribution in [0.5, 0.6) is 0 Å². The average Bonchev–Trinajstić information content (AvgIpc) is 3.10. The fourth-order valence-electron chi connectivity index (χ4n) is 3.78. The molecule has 2 atom stereocenters. The first-order valence-electron chi connectivity index (χ1n) is 8.94. The number of nitrogens with zero attached hydrogens (tertiary/aromatic N) is 3. The zero-order valence-corrected chi connectivity index (χ0v) is 15.1. The second-order valence-corrected chi connectivity index (χ2v) is 7.16. The first-order chi connectivity index (χ1) is 13.3. The summed E-state index contributed by atoms with van der Waals surface area (Å²) < 4.78 is 40.2. The number of allylic oxidation sites excluding steroid dienone is 2. The average molecular weight is 388 g/mol. The van der Waals surface area contributed by atoms with Crippen molar-refractivity contribution in [2.45, 2.75) is 31.5 Å². The quantitative estimate of drug-likeness (QED) is 0.844. The molecular formula is C20H19F3N4O. The molecule has 0 radical (unpaired) electrons. The summed E-state index contributed by atoms with van der Waals surface area (Å²) in [6.45, 7) is 2.39. The largest absolute Gasteiger partial charge is 0.416 e. The van der Waals surface area contributed by atoms with Crippen molar-refractivity contribution in [2.24, 2.45) is 5.73 Å². The van der Waals surface area contributed by atoms with Gasteiger partial charge in [0, 0.05) is 11.9 Å². The molecule has 2 aliphatic rings. The molecule has 4 rings (SSSR count). The Morgan fingerprint density at radius 2 is 1.93 bits per heavy atom. The molecular weight excluding hydrogens is 369 g/mol. The molecule has 3 heterocycles. The molecule has 0 amide bonds. The summed E-state index contributed by atoms with van der Waals surface area (Å²) >= 11 is 0. The van der Waals surface area contributed by atoms with Gasteiger partial charge in [-0.3, -0.25) is 9.48 Å². The van der Waals surface area contributed by atoms with E-state index in [1.54, 1.807) is 23.0 Å². The van der Waals surface area contributed by atoms with E-state index in [1.165, 1.54) is 12.1 Å². The Hall–Kier alpha value is -3.03. The van der Waals surface area contributed by atoms with Crippen LogP contribution in [-0.2, 0) is 6.18 Å². The van der Waals surface area contributed by atoms with Gasteiger partial charge in [0.05, 0.1) is 36.0 Å². The van der Waals surface area contributed by atoms with Gasteiger partial charge in [0.2, 0.25) is 0 Å². The number of Topliss-reactive ketones (excluding diaryl/α,β-unsaturated/α-hetero) is 1. The van der Waals surface area contributed by atoms with Crippen LogP contribution in [0.15, 0.2) is 54.5 Å². The van der Waals surface area contributed by atoms with Gasteiger partial charge in [-0.1, -0.05) is 12.1 Å². The number of rotatable bonds is 2. The highest BCUT2D eigenvalue weighted by molar-refractivity contribution is 6.05. The van der Waals surface area contributed by atoms with Crippen molar-refractivity contribution in [3.8, 4) is 0 Å². The Morgan fingerprint density at radius 1 is 1.21 bits per heavy atom. The Morgan fingerprint density at radius 3 is 2.57 bits per heavy atom. The molecule has 8 heteroatoms. The van der Waals surface area contributed by atoms with Crippen molar-refractivity contribution in [3.63, 3.8) is 0 Å². The third-order valence-corrected chi connectivity index (χ3v) is 5.20. The monoisotopic (exact) mass is 388 g/mol. The summed E-state index contributed by atoms with van der Waals surface area (Å²) in [6.07, 6.45) is 3.14. The molecule has 0 saturated heterocycles. The lowest BCUT2D eigenvalue weighted by atomic mass is 9.84. The molecule has 0 bridgehead atoms. The van der Waals surface area contributed by atoms with Crippen molar-refractivity contribution >= 4 is 11.5 Å². The molecule has 0 saturated carbocycles. The third kappa shape index (κ3) is 3.08. The molecule has 0 fully saturated rings. The molecule has 5 nitrogen and oxygen atoms in total. The number of carbonyl (C=O) groups is 1. The minimum absolute atomic E-state index is 0.0598. The lowest BCUT2D eigenvalue weighted by molar-refractivity contribution is -0.137. The van der Waals surface area contributed by atoms with Gasteiger partial charge in [-0.15, -0.1) is 0 Å². The number of anilines is 1. The topological polar surface area (TPSA) is 64.2 Å². The third-order valence-electron chi connectivity index (χ3n) is 5.20. The minimum atomic E-state index is -4.40. The Labute approximate surface area is 159 Å². The van der Waals surface area contributed by atoms with Crippen molar-refractivity contribution < 1.29 is 18.0 Å². The van der Waals surface area contributed by atoms with Crippen molar-refractivity contribution in [3.05, 3.63) is 71.3 Å². The Kier molecular flexibility index (Phi) is 4.28. The predicted octanol–water partition coefficient (Wildman–Crippen LogP) is 4.01. The van der Waals surface area contributed by atoms with E-state index in [2.05, 4.69) is 5.10 Å². The van der Waals surface area contributed by atoms with Gasteiger partial charge in [0.15, 0.2) is 5.78 Å². The van der Waals surface area contributed by atoms with Crippen molar-refractivity contribution in [2.75, 3.05) is 11.4 Å². The Bertz CT molecular complexity index is 972. The van der Waals surface area contributed by atoms with Gasteiger partial charge in [0.25, 0.3) is 0 Å². The van der Waals surface area contributed by atoms with Gasteiger partial charge in [-0.05, 0) is 43.2 Å². The SMILES string of the molecule is C[C@H]1CC(c2ccc(C(F)(F)F)cc2)C(=O)c2c(N3C=CC=C(N)C3)cnn21. The maximum atomic E-state index is 13.3. The summed E-state index contributed by atoms with van der Waals surface area (Å²) in [4.78, 5) is 15.1. The molecule has 0 aliphatic carbocycles. The minimum Gasteiger partial charge on any atom is -0.401 e. The number of carbonyl (C=O) groups excluding carboxylic acids is 1. The molecule has 0 spiro atoms. The zero-order valence-electron chi connectivity index (χ0n) is 15.1. The van der Waals surface area contributed by atoms with Gasteiger partial charge < -0.3 is 10.6 Å². The van der Waals surface area contributed by atoms with Gasteiger partial charge in [-0.2, -0.15) is 18.3 Å². The number of fused-ring (bicyclic) bond motifs is 1. The number of aromatic nitrogens is 2. The second-order valence-electron chi connectivity index (χ2n) is 7.16. The number of hydrogen-bond donors (Lipinski definition) is 1. The lowest BCUT2D eigenvalue weighted by Crippen LogP contribution is -2.31.